The molecule has 1 aliphatic rings. The molecule has 4 nitrogen and oxygen atoms in total. The number of imidazole rings is 1. The number of rotatable bonds is 6. The summed E-state index contributed by atoms with van der Waals surface area (Å²) in [4.78, 5) is 9.81. The molecule has 1 aliphatic carbocycles. The van der Waals surface area contributed by atoms with Gasteiger partial charge in [0.25, 0.3) is 0 Å². The van der Waals surface area contributed by atoms with Gasteiger partial charge in [-0.05, 0) is 150 Å². The topological polar surface area (TPSA) is 43.9 Å². The van der Waals surface area contributed by atoms with Gasteiger partial charge in [0.1, 0.15) is 5.58 Å². The fourth-order valence-corrected chi connectivity index (χ4v) is 11.5. The minimum Gasteiger partial charge on any atom is -0.501 e. The Balaban J connectivity index is 0.000000315. The maximum Gasteiger partial charge on any atom is 0.121 e. The second-order valence-electron chi connectivity index (χ2n) is 23.5. The molecule has 8 aromatic carbocycles. The number of furan rings is 1. The van der Waals surface area contributed by atoms with E-state index >= 15 is 0 Å². The Hall–Kier alpha value is -6.65. The van der Waals surface area contributed by atoms with Crippen molar-refractivity contribution in [1.82, 2.24) is 14.5 Å². The zero-order valence-electron chi connectivity index (χ0n) is 44.9. The largest absolute Gasteiger partial charge is 0.501 e. The summed E-state index contributed by atoms with van der Waals surface area (Å²) in [5.41, 5.74) is 17.8. The maximum atomic E-state index is 6.92. The van der Waals surface area contributed by atoms with E-state index in [4.69, 9.17) is 9.40 Å². The third kappa shape index (κ3) is 9.22. The van der Waals surface area contributed by atoms with Crippen LogP contribution >= 0.6 is 0 Å². The van der Waals surface area contributed by atoms with Crippen LogP contribution in [0, 0.1) is 12.1 Å². The van der Waals surface area contributed by atoms with Crippen LogP contribution in [-0.4, -0.2) is 14.5 Å². The normalized spacial score (nSPS) is 14.3. The molecule has 0 aliphatic heterocycles. The summed E-state index contributed by atoms with van der Waals surface area (Å²) in [6.07, 6.45) is 5.55. The number of fused-ring (bicyclic) bond motifs is 8. The first-order chi connectivity index (χ1) is 35.0. The third-order valence-corrected chi connectivity index (χ3v) is 15.7. The first-order valence-corrected chi connectivity index (χ1v) is 26.4. The van der Waals surface area contributed by atoms with Crippen molar-refractivity contribution in [2.24, 2.45) is 0 Å². The van der Waals surface area contributed by atoms with Crippen molar-refractivity contribution in [1.29, 1.82) is 0 Å². The molecule has 0 bridgehead atoms. The second kappa shape index (κ2) is 19.6. The first kappa shape index (κ1) is 50.9. The SMILES string of the molecule is CC(C)(C)c1ccnc(-c2[c-]cccc2)c1.CC(C)c1cc(-c2ccc3c(c2)C(C)(C)CCCC3(C)C)cc(C(C)C)c1-n1c(-c2[c-]ccc3c2oc2cc4c(ccc5ccccc54)cc23)nc2ccccc21.[Ir]. The Bertz CT molecular complexity index is 3850. The number of para-hydroxylation sites is 2. The van der Waals surface area contributed by atoms with Gasteiger partial charge in [0.05, 0.1) is 22.4 Å². The molecule has 74 heavy (non-hydrogen) atoms. The van der Waals surface area contributed by atoms with Gasteiger partial charge in [-0.25, -0.2) is 0 Å². The fraction of sp³-hybridized carbons (Fsp3) is 0.275. The van der Waals surface area contributed by atoms with E-state index in [1.165, 1.54) is 85.4 Å². The molecule has 0 unspecified atom stereocenters. The average molecular weight is 1150 g/mol. The molecule has 0 atom stereocenters. The Morgan fingerprint density at radius 2 is 1.31 bits per heavy atom. The molecule has 3 aromatic heterocycles. The van der Waals surface area contributed by atoms with Crippen LogP contribution in [0.1, 0.15) is 135 Å². The Morgan fingerprint density at radius 3 is 2.04 bits per heavy atom. The van der Waals surface area contributed by atoms with E-state index in [0.717, 1.165) is 55.6 Å². The monoisotopic (exact) mass is 1150 g/mol. The third-order valence-electron chi connectivity index (χ3n) is 15.7. The van der Waals surface area contributed by atoms with Crippen molar-refractivity contribution in [3.05, 3.63) is 198 Å². The summed E-state index contributed by atoms with van der Waals surface area (Å²) in [5, 5.41) is 7.04. The van der Waals surface area contributed by atoms with Crippen LogP contribution < -0.4 is 0 Å². The number of aromatic nitrogens is 3. The van der Waals surface area contributed by atoms with E-state index in [0.29, 0.717) is 0 Å². The summed E-state index contributed by atoms with van der Waals surface area (Å²) in [6, 6.07) is 61.5. The molecule has 0 amide bonds. The molecule has 0 N–H and O–H groups in total. The van der Waals surface area contributed by atoms with Crippen molar-refractivity contribution in [2.45, 2.75) is 124 Å². The van der Waals surface area contributed by atoms with Gasteiger partial charge in [0.15, 0.2) is 0 Å². The van der Waals surface area contributed by atoms with Crippen molar-refractivity contribution in [3.8, 4) is 39.5 Å². The molecular weight excluding hydrogens is 1080 g/mol. The molecule has 12 rings (SSSR count). The maximum absolute atomic E-state index is 6.92. The van der Waals surface area contributed by atoms with Gasteiger partial charge in [0, 0.05) is 37.4 Å². The Kier molecular flexibility index (Phi) is 13.4. The number of hydrogen-bond donors (Lipinski definition) is 0. The van der Waals surface area contributed by atoms with Crippen LogP contribution in [0.2, 0.25) is 0 Å². The molecule has 11 aromatic rings. The van der Waals surface area contributed by atoms with E-state index < -0.39 is 0 Å². The van der Waals surface area contributed by atoms with Gasteiger partial charge in [0.2, 0.25) is 0 Å². The van der Waals surface area contributed by atoms with Crippen molar-refractivity contribution in [3.63, 3.8) is 0 Å². The minimum absolute atomic E-state index is 0. The van der Waals surface area contributed by atoms with Crippen LogP contribution in [0.4, 0.5) is 0 Å². The van der Waals surface area contributed by atoms with Crippen LogP contribution in [-0.2, 0) is 36.4 Å². The summed E-state index contributed by atoms with van der Waals surface area (Å²) >= 11 is 0. The van der Waals surface area contributed by atoms with Gasteiger partial charge in [-0.3, -0.25) is 4.98 Å². The van der Waals surface area contributed by atoms with Crippen LogP contribution in [0.5, 0.6) is 0 Å². The van der Waals surface area contributed by atoms with E-state index in [9.17, 15) is 0 Å². The summed E-state index contributed by atoms with van der Waals surface area (Å²) in [7, 11) is 0. The fourth-order valence-electron chi connectivity index (χ4n) is 11.5. The number of benzene rings is 8. The standard InChI is InChI=1S/C54H51N2O.C15H16N.Ir/c1-32(2)41-28-37(35-23-24-45-46(30-35)54(7,8)26-14-25-53(45,5)6)29-42(33(3)4)50(41)56-48-20-12-11-19-47(48)55-52(56)40-18-13-17-39-44-27-36-22-21-34-15-9-10-16-38(34)43(36)31-49(44)57-51(39)40;1-15(2,3)13-9-10-16-14(11-13)12-7-5-4-6-8-12;/h9-13,15-17,19-24,27-33H,14,25-26H2,1-8H3;4-7,9-11H,1-3H3;/q2*-1;. The predicted octanol–water partition coefficient (Wildman–Crippen LogP) is 19.2. The number of nitrogens with zero attached hydrogens (tertiary/aromatic N) is 3. The van der Waals surface area contributed by atoms with Crippen LogP contribution in [0.25, 0.3) is 94.0 Å². The quantitative estimate of drug-likeness (QED) is 0.0947. The second-order valence-corrected chi connectivity index (χ2v) is 23.5. The van der Waals surface area contributed by atoms with E-state index in [-0.39, 0.29) is 48.2 Å². The van der Waals surface area contributed by atoms with Crippen molar-refractivity contribution >= 4 is 54.5 Å². The van der Waals surface area contributed by atoms with E-state index in [1.54, 1.807) is 0 Å². The van der Waals surface area contributed by atoms with Gasteiger partial charge in [-0.2, -0.15) is 0 Å². The first-order valence-electron chi connectivity index (χ1n) is 26.4. The molecule has 1 radical (unpaired) electrons. The predicted molar refractivity (Wildman–Crippen MR) is 308 cm³/mol. The molecule has 0 spiro atoms. The summed E-state index contributed by atoms with van der Waals surface area (Å²) in [6.45, 7) is 25.7. The zero-order chi connectivity index (χ0) is 51.0. The molecular formula is C69H67IrN3O-2. The van der Waals surface area contributed by atoms with Gasteiger partial charge in [-0.15, -0.1) is 54.1 Å². The molecule has 0 saturated carbocycles. The van der Waals surface area contributed by atoms with Crippen LogP contribution in [0.3, 0.4) is 0 Å². The van der Waals surface area contributed by atoms with E-state index in [2.05, 4.69) is 219 Å². The van der Waals surface area contributed by atoms with E-state index in [1.807, 2.05) is 36.5 Å². The molecule has 0 fully saturated rings. The number of pyridine rings is 1. The average Bonchev–Trinajstić information content (AvgIpc) is 3.94. The number of hydrogen-bond acceptors (Lipinski definition) is 3. The van der Waals surface area contributed by atoms with Crippen LogP contribution in [0.15, 0.2) is 162 Å². The van der Waals surface area contributed by atoms with Gasteiger partial charge in [-0.1, -0.05) is 166 Å². The zero-order valence-corrected chi connectivity index (χ0v) is 47.3. The molecule has 375 valence electrons. The van der Waals surface area contributed by atoms with Gasteiger partial charge < -0.3 is 14.0 Å². The van der Waals surface area contributed by atoms with Crippen molar-refractivity contribution in [2.75, 3.05) is 0 Å². The minimum atomic E-state index is 0. The molecule has 3 heterocycles. The van der Waals surface area contributed by atoms with Gasteiger partial charge >= 0.3 is 0 Å². The summed E-state index contributed by atoms with van der Waals surface area (Å²) < 4.78 is 9.33. The molecule has 5 heteroatoms. The summed E-state index contributed by atoms with van der Waals surface area (Å²) in [5.74, 6) is 1.37. The molecule has 0 saturated heterocycles. The van der Waals surface area contributed by atoms with Crippen molar-refractivity contribution < 1.29 is 24.5 Å². The smallest absolute Gasteiger partial charge is 0.121 e. The Labute approximate surface area is 451 Å². The Morgan fingerprint density at radius 1 is 0.608 bits per heavy atom.